The Morgan fingerprint density at radius 2 is 2.42 bits per heavy atom. The molecule has 0 bridgehead atoms. The summed E-state index contributed by atoms with van der Waals surface area (Å²) in [6, 6.07) is 0. The molecule has 12 heavy (non-hydrogen) atoms. The van der Waals surface area contributed by atoms with Gasteiger partial charge in [0.15, 0.2) is 0 Å². The number of hydrogen-bond donors (Lipinski definition) is 0. The van der Waals surface area contributed by atoms with Crippen molar-refractivity contribution in [3.63, 3.8) is 0 Å². The zero-order valence-electron chi connectivity index (χ0n) is 8.10. The third-order valence-corrected chi connectivity index (χ3v) is 2.79. The zero-order chi connectivity index (χ0) is 8.97. The molecular formula is C11H18O. The third-order valence-electron chi connectivity index (χ3n) is 2.79. The first kappa shape index (κ1) is 9.50. The molecular weight excluding hydrogens is 148 g/mol. The minimum atomic E-state index is 0.457. The van der Waals surface area contributed by atoms with Gasteiger partial charge in [-0.2, -0.15) is 0 Å². The molecule has 0 amide bonds. The normalized spacial score (nSPS) is 26.0. The molecule has 0 aliphatic heterocycles. The number of carbonyl (C=O) groups excluding carboxylic acids is 1. The van der Waals surface area contributed by atoms with E-state index in [9.17, 15) is 4.79 Å². The van der Waals surface area contributed by atoms with E-state index < -0.39 is 0 Å². The molecule has 0 spiro atoms. The van der Waals surface area contributed by atoms with E-state index in [0.29, 0.717) is 11.7 Å². The Balaban J connectivity index is 2.55. The molecule has 68 valence electrons. The average Bonchev–Trinajstić information content (AvgIpc) is 2.07. The minimum absolute atomic E-state index is 0.457. The molecule has 1 aliphatic carbocycles. The van der Waals surface area contributed by atoms with Crippen LogP contribution in [-0.4, -0.2) is 5.78 Å². The Kier molecular flexibility index (Phi) is 3.51. The summed E-state index contributed by atoms with van der Waals surface area (Å²) in [7, 11) is 0. The van der Waals surface area contributed by atoms with Gasteiger partial charge in [0.1, 0.15) is 5.78 Å². The van der Waals surface area contributed by atoms with E-state index in [4.69, 9.17) is 0 Å². The van der Waals surface area contributed by atoms with Crippen LogP contribution in [0.4, 0.5) is 0 Å². The van der Waals surface area contributed by atoms with E-state index >= 15 is 0 Å². The van der Waals surface area contributed by atoms with Crippen LogP contribution in [0.1, 0.15) is 46.0 Å². The molecule has 0 radical (unpaired) electrons. The zero-order valence-corrected chi connectivity index (χ0v) is 8.10. The third kappa shape index (κ3) is 2.20. The maximum absolute atomic E-state index is 11.2. The molecule has 0 N–H and O–H groups in total. The fraction of sp³-hybridized carbons (Fsp3) is 0.727. The van der Waals surface area contributed by atoms with Crippen molar-refractivity contribution in [3.05, 3.63) is 11.6 Å². The summed E-state index contributed by atoms with van der Waals surface area (Å²) in [5, 5.41) is 0. The van der Waals surface area contributed by atoms with Gasteiger partial charge in [0, 0.05) is 12.8 Å². The van der Waals surface area contributed by atoms with Gasteiger partial charge in [-0.25, -0.2) is 0 Å². The molecule has 0 aromatic heterocycles. The van der Waals surface area contributed by atoms with Gasteiger partial charge in [-0.15, -0.1) is 0 Å². The second-order valence-electron chi connectivity index (χ2n) is 3.55. The quantitative estimate of drug-likeness (QED) is 0.576. The van der Waals surface area contributed by atoms with Gasteiger partial charge < -0.3 is 0 Å². The van der Waals surface area contributed by atoms with Gasteiger partial charge in [0.25, 0.3) is 0 Å². The summed E-state index contributed by atoms with van der Waals surface area (Å²) in [6.07, 6.45) is 7.22. The fourth-order valence-corrected chi connectivity index (χ4v) is 2.07. The van der Waals surface area contributed by atoms with E-state index in [0.717, 1.165) is 25.7 Å². The number of carbonyl (C=O) groups is 1. The van der Waals surface area contributed by atoms with E-state index in [1.165, 1.54) is 12.0 Å². The van der Waals surface area contributed by atoms with Gasteiger partial charge in [-0.3, -0.25) is 4.79 Å². The number of hydrogen-bond acceptors (Lipinski definition) is 1. The Bertz CT molecular complexity index is 191. The number of Topliss-reactive ketones (excluding diaryl/α,β-unsaturated/α-hetero) is 1. The molecule has 0 aromatic carbocycles. The first-order valence-electron chi connectivity index (χ1n) is 4.94. The van der Waals surface area contributed by atoms with Crippen LogP contribution in [0.25, 0.3) is 0 Å². The molecule has 0 aromatic rings. The van der Waals surface area contributed by atoms with E-state index in [-0.39, 0.29) is 0 Å². The SMILES string of the molecule is C/C=C(/CC)C1CCCC(=O)C1. The molecule has 1 aliphatic rings. The first-order chi connectivity index (χ1) is 5.77. The van der Waals surface area contributed by atoms with Crippen molar-refractivity contribution < 1.29 is 4.79 Å². The standard InChI is InChI=1S/C11H18O/c1-3-9(4-2)10-6-5-7-11(12)8-10/h3,10H,4-8H2,1-2H3/b9-3-. The van der Waals surface area contributed by atoms with Crippen molar-refractivity contribution in [2.75, 3.05) is 0 Å². The van der Waals surface area contributed by atoms with Crippen LogP contribution in [0.15, 0.2) is 11.6 Å². The van der Waals surface area contributed by atoms with Gasteiger partial charge in [-0.1, -0.05) is 18.6 Å². The van der Waals surface area contributed by atoms with Crippen LogP contribution >= 0.6 is 0 Å². The lowest BCUT2D eigenvalue weighted by Gasteiger charge is -2.22. The van der Waals surface area contributed by atoms with Gasteiger partial charge in [-0.05, 0) is 32.1 Å². The molecule has 1 fully saturated rings. The lowest BCUT2D eigenvalue weighted by Crippen LogP contribution is -2.16. The molecule has 1 atom stereocenters. The van der Waals surface area contributed by atoms with Gasteiger partial charge in [0.2, 0.25) is 0 Å². The second kappa shape index (κ2) is 4.44. The molecule has 1 rings (SSSR count). The predicted molar refractivity (Wildman–Crippen MR) is 51.0 cm³/mol. The highest BCUT2D eigenvalue weighted by Gasteiger charge is 2.20. The average molecular weight is 166 g/mol. The highest BCUT2D eigenvalue weighted by atomic mass is 16.1. The maximum Gasteiger partial charge on any atom is 0.133 e. The predicted octanol–water partition coefficient (Wildman–Crippen LogP) is 3.10. The number of ketones is 1. The van der Waals surface area contributed by atoms with Crippen molar-refractivity contribution >= 4 is 5.78 Å². The van der Waals surface area contributed by atoms with E-state index in [2.05, 4.69) is 19.9 Å². The molecule has 1 heteroatoms. The van der Waals surface area contributed by atoms with Gasteiger partial charge in [0.05, 0.1) is 0 Å². The van der Waals surface area contributed by atoms with E-state index in [1.54, 1.807) is 0 Å². The van der Waals surface area contributed by atoms with Crippen molar-refractivity contribution in [3.8, 4) is 0 Å². The molecule has 1 nitrogen and oxygen atoms in total. The molecule has 0 heterocycles. The topological polar surface area (TPSA) is 17.1 Å². The fourth-order valence-electron chi connectivity index (χ4n) is 2.07. The lowest BCUT2D eigenvalue weighted by atomic mass is 9.82. The monoisotopic (exact) mass is 166 g/mol. The molecule has 1 saturated carbocycles. The summed E-state index contributed by atoms with van der Waals surface area (Å²) in [5.74, 6) is 1.03. The largest absolute Gasteiger partial charge is 0.300 e. The van der Waals surface area contributed by atoms with Crippen LogP contribution < -0.4 is 0 Å². The van der Waals surface area contributed by atoms with Crippen LogP contribution in [0, 0.1) is 5.92 Å². The Labute approximate surface area is 74.9 Å². The van der Waals surface area contributed by atoms with Crippen molar-refractivity contribution in [1.29, 1.82) is 0 Å². The Morgan fingerprint density at radius 3 is 2.92 bits per heavy atom. The van der Waals surface area contributed by atoms with Crippen LogP contribution in [0.3, 0.4) is 0 Å². The van der Waals surface area contributed by atoms with E-state index in [1.807, 2.05) is 0 Å². The Morgan fingerprint density at radius 1 is 1.67 bits per heavy atom. The summed E-state index contributed by atoms with van der Waals surface area (Å²) in [5.41, 5.74) is 1.48. The maximum atomic E-state index is 11.2. The number of allylic oxidation sites excluding steroid dienone is 2. The van der Waals surface area contributed by atoms with Crippen molar-refractivity contribution in [1.82, 2.24) is 0 Å². The summed E-state index contributed by atoms with van der Waals surface area (Å²) >= 11 is 0. The lowest BCUT2D eigenvalue weighted by molar-refractivity contribution is -0.121. The first-order valence-corrected chi connectivity index (χ1v) is 4.94. The highest BCUT2D eigenvalue weighted by Crippen LogP contribution is 2.29. The molecule has 1 unspecified atom stereocenters. The summed E-state index contributed by atoms with van der Waals surface area (Å²) < 4.78 is 0. The van der Waals surface area contributed by atoms with Crippen LogP contribution in [0.2, 0.25) is 0 Å². The summed E-state index contributed by atoms with van der Waals surface area (Å²) in [4.78, 5) is 11.2. The van der Waals surface area contributed by atoms with Crippen molar-refractivity contribution in [2.24, 2.45) is 5.92 Å². The van der Waals surface area contributed by atoms with Gasteiger partial charge >= 0.3 is 0 Å². The smallest absolute Gasteiger partial charge is 0.133 e. The van der Waals surface area contributed by atoms with Crippen molar-refractivity contribution in [2.45, 2.75) is 46.0 Å². The van der Waals surface area contributed by atoms with Crippen LogP contribution in [0.5, 0.6) is 0 Å². The second-order valence-corrected chi connectivity index (χ2v) is 3.55. The molecule has 0 saturated heterocycles. The number of rotatable bonds is 2. The summed E-state index contributed by atoms with van der Waals surface area (Å²) in [6.45, 7) is 4.26. The minimum Gasteiger partial charge on any atom is -0.300 e. The Hall–Kier alpha value is -0.590. The van der Waals surface area contributed by atoms with Crippen LogP contribution in [-0.2, 0) is 4.79 Å². The highest BCUT2D eigenvalue weighted by molar-refractivity contribution is 5.79.